The molecule has 0 N–H and O–H groups in total. The van der Waals surface area contributed by atoms with Crippen molar-refractivity contribution in [2.75, 3.05) is 13.2 Å². The number of hydrogen-bond acceptors (Lipinski definition) is 3. The number of carbonyl (C=O) groups is 1. The zero-order valence-electron chi connectivity index (χ0n) is 17.2. The molecule has 0 aliphatic carbocycles. The Morgan fingerprint density at radius 3 is 2.20 bits per heavy atom. The lowest BCUT2D eigenvalue weighted by Crippen LogP contribution is -2.25. The first-order valence-electron chi connectivity index (χ1n) is 10.8. The third-order valence-corrected chi connectivity index (χ3v) is 5.85. The monoisotopic (exact) mass is 354 g/mol. The van der Waals surface area contributed by atoms with Crippen molar-refractivity contribution in [3.63, 3.8) is 0 Å². The van der Waals surface area contributed by atoms with E-state index in [1.54, 1.807) is 0 Å². The van der Waals surface area contributed by atoms with E-state index in [1.807, 2.05) is 0 Å². The lowest BCUT2D eigenvalue weighted by atomic mass is 9.86. The van der Waals surface area contributed by atoms with E-state index in [4.69, 9.17) is 9.47 Å². The Morgan fingerprint density at radius 2 is 1.64 bits per heavy atom. The predicted octanol–water partition coefficient (Wildman–Crippen LogP) is 6.15. The standard InChI is InChI=1S/C22H42O3/c1-5-6-7-8-9-10-11-12-13-14-21(23)24-16-15-18(2)22-20(4)19(3)17-25-22/h18-20,22H,5-17H2,1-4H3/t18?,19?,20-,22?/m0/s1. The van der Waals surface area contributed by atoms with Crippen LogP contribution in [-0.2, 0) is 14.3 Å². The molecule has 1 saturated heterocycles. The van der Waals surface area contributed by atoms with E-state index in [2.05, 4.69) is 27.7 Å². The molecule has 1 rings (SSSR count). The first kappa shape index (κ1) is 22.5. The molecular formula is C22H42O3. The summed E-state index contributed by atoms with van der Waals surface area (Å²) in [5.41, 5.74) is 0. The minimum absolute atomic E-state index is 0.0242. The van der Waals surface area contributed by atoms with Crippen LogP contribution in [-0.4, -0.2) is 25.3 Å². The molecule has 4 atom stereocenters. The molecule has 0 aromatic carbocycles. The highest BCUT2D eigenvalue weighted by molar-refractivity contribution is 5.69. The minimum Gasteiger partial charge on any atom is -0.466 e. The fraction of sp³-hybridized carbons (Fsp3) is 0.955. The molecule has 148 valence electrons. The Bertz CT molecular complexity index is 342. The van der Waals surface area contributed by atoms with E-state index in [0.29, 0.717) is 36.9 Å². The quantitative estimate of drug-likeness (QED) is 0.277. The zero-order chi connectivity index (χ0) is 18.5. The van der Waals surface area contributed by atoms with Gasteiger partial charge in [0.1, 0.15) is 0 Å². The molecule has 0 saturated carbocycles. The summed E-state index contributed by atoms with van der Waals surface area (Å²) in [7, 11) is 0. The van der Waals surface area contributed by atoms with Crippen molar-refractivity contribution in [2.24, 2.45) is 17.8 Å². The molecule has 1 heterocycles. The van der Waals surface area contributed by atoms with E-state index in [-0.39, 0.29) is 5.97 Å². The Morgan fingerprint density at radius 1 is 1.04 bits per heavy atom. The smallest absolute Gasteiger partial charge is 0.305 e. The normalized spacial score (nSPS) is 24.4. The summed E-state index contributed by atoms with van der Waals surface area (Å²) >= 11 is 0. The highest BCUT2D eigenvalue weighted by Crippen LogP contribution is 2.32. The Labute approximate surface area is 156 Å². The highest BCUT2D eigenvalue weighted by atomic mass is 16.5. The van der Waals surface area contributed by atoms with Crippen molar-refractivity contribution >= 4 is 5.97 Å². The first-order valence-corrected chi connectivity index (χ1v) is 10.8. The topological polar surface area (TPSA) is 35.5 Å². The molecular weight excluding hydrogens is 312 g/mol. The number of unbranched alkanes of at least 4 members (excludes halogenated alkanes) is 8. The van der Waals surface area contributed by atoms with Crippen molar-refractivity contribution in [3.8, 4) is 0 Å². The second-order valence-corrected chi connectivity index (χ2v) is 8.20. The maximum absolute atomic E-state index is 11.8. The van der Waals surface area contributed by atoms with Gasteiger partial charge >= 0.3 is 5.97 Å². The molecule has 0 spiro atoms. The summed E-state index contributed by atoms with van der Waals surface area (Å²) in [6.45, 7) is 10.4. The molecule has 1 aliphatic heterocycles. The zero-order valence-corrected chi connectivity index (χ0v) is 17.2. The third-order valence-electron chi connectivity index (χ3n) is 5.85. The van der Waals surface area contributed by atoms with Crippen LogP contribution in [0.5, 0.6) is 0 Å². The summed E-state index contributed by atoms with van der Waals surface area (Å²) in [6.07, 6.45) is 13.3. The molecule has 0 aromatic heterocycles. The van der Waals surface area contributed by atoms with Crippen molar-refractivity contribution in [1.29, 1.82) is 0 Å². The Balaban J connectivity index is 1.93. The molecule has 0 aromatic rings. The van der Waals surface area contributed by atoms with Gasteiger partial charge in [0.15, 0.2) is 0 Å². The second kappa shape index (κ2) is 13.6. The molecule has 0 radical (unpaired) electrons. The van der Waals surface area contributed by atoms with Crippen molar-refractivity contribution in [2.45, 2.75) is 104 Å². The van der Waals surface area contributed by atoms with Gasteiger partial charge in [-0.3, -0.25) is 4.79 Å². The third kappa shape index (κ3) is 9.63. The van der Waals surface area contributed by atoms with Crippen LogP contribution in [0.25, 0.3) is 0 Å². The molecule has 3 unspecified atom stereocenters. The molecule has 0 bridgehead atoms. The van der Waals surface area contributed by atoms with Crippen molar-refractivity contribution < 1.29 is 14.3 Å². The van der Waals surface area contributed by atoms with Gasteiger partial charge < -0.3 is 9.47 Å². The first-order chi connectivity index (χ1) is 12.1. The van der Waals surface area contributed by atoms with Crippen molar-refractivity contribution in [1.82, 2.24) is 0 Å². The lowest BCUT2D eigenvalue weighted by Gasteiger charge is -2.23. The second-order valence-electron chi connectivity index (χ2n) is 8.20. The fourth-order valence-corrected chi connectivity index (χ4v) is 3.75. The van der Waals surface area contributed by atoms with E-state index >= 15 is 0 Å². The minimum atomic E-state index is -0.0242. The Hall–Kier alpha value is -0.570. The van der Waals surface area contributed by atoms with Crippen LogP contribution in [0, 0.1) is 17.8 Å². The van der Waals surface area contributed by atoms with Crippen molar-refractivity contribution in [3.05, 3.63) is 0 Å². The van der Waals surface area contributed by atoms with Gasteiger partial charge in [-0.1, -0.05) is 79.1 Å². The average molecular weight is 355 g/mol. The van der Waals surface area contributed by atoms with Crippen LogP contribution in [0.1, 0.15) is 98.3 Å². The average Bonchev–Trinajstić information content (AvgIpc) is 2.92. The van der Waals surface area contributed by atoms with Crippen LogP contribution >= 0.6 is 0 Å². The van der Waals surface area contributed by atoms with Gasteiger partial charge in [-0.15, -0.1) is 0 Å². The van der Waals surface area contributed by atoms with Crippen LogP contribution in [0.2, 0.25) is 0 Å². The molecule has 1 aliphatic rings. The van der Waals surface area contributed by atoms with Crippen LogP contribution < -0.4 is 0 Å². The number of carbonyl (C=O) groups excluding carboxylic acids is 1. The fourth-order valence-electron chi connectivity index (χ4n) is 3.75. The maximum Gasteiger partial charge on any atom is 0.305 e. The number of esters is 1. The molecule has 3 heteroatoms. The van der Waals surface area contributed by atoms with Gasteiger partial charge in [-0.2, -0.15) is 0 Å². The summed E-state index contributed by atoms with van der Waals surface area (Å²) in [5, 5.41) is 0. The van der Waals surface area contributed by atoms with E-state index in [0.717, 1.165) is 25.9 Å². The van der Waals surface area contributed by atoms with Gasteiger partial charge in [0, 0.05) is 13.0 Å². The Kier molecular flexibility index (Phi) is 12.2. The van der Waals surface area contributed by atoms with Gasteiger partial charge in [-0.05, 0) is 30.6 Å². The van der Waals surface area contributed by atoms with Crippen LogP contribution in [0.3, 0.4) is 0 Å². The van der Waals surface area contributed by atoms with Gasteiger partial charge in [0.25, 0.3) is 0 Å². The SMILES string of the molecule is CCCCCCCCCCCC(=O)OCCC(C)C1OCC(C)[C@@H]1C. The maximum atomic E-state index is 11.8. The van der Waals surface area contributed by atoms with Gasteiger partial charge in [-0.25, -0.2) is 0 Å². The van der Waals surface area contributed by atoms with Crippen LogP contribution in [0.4, 0.5) is 0 Å². The summed E-state index contributed by atoms with van der Waals surface area (Å²) in [6, 6.07) is 0. The predicted molar refractivity (Wildman–Crippen MR) is 105 cm³/mol. The van der Waals surface area contributed by atoms with E-state index < -0.39 is 0 Å². The molecule has 3 nitrogen and oxygen atoms in total. The summed E-state index contributed by atoms with van der Waals surface area (Å²) < 4.78 is 11.3. The molecule has 0 amide bonds. The lowest BCUT2D eigenvalue weighted by molar-refractivity contribution is -0.144. The number of ether oxygens (including phenoxy) is 2. The number of rotatable bonds is 14. The van der Waals surface area contributed by atoms with Gasteiger partial charge in [0.05, 0.1) is 12.7 Å². The summed E-state index contributed by atoms with van der Waals surface area (Å²) in [4.78, 5) is 11.8. The highest BCUT2D eigenvalue weighted by Gasteiger charge is 2.34. The number of hydrogen-bond donors (Lipinski definition) is 0. The molecule has 1 fully saturated rings. The largest absolute Gasteiger partial charge is 0.466 e. The summed E-state index contributed by atoms with van der Waals surface area (Å²) in [5.74, 6) is 1.68. The van der Waals surface area contributed by atoms with Gasteiger partial charge in [0.2, 0.25) is 0 Å². The van der Waals surface area contributed by atoms with E-state index in [1.165, 1.54) is 44.9 Å². The van der Waals surface area contributed by atoms with Crippen LogP contribution in [0.15, 0.2) is 0 Å². The molecule has 25 heavy (non-hydrogen) atoms. The van der Waals surface area contributed by atoms with E-state index in [9.17, 15) is 4.79 Å².